The predicted molar refractivity (Wildman–Crippen MR) is 79.2 cm³/mol. The van der Waals surface area contributed by atoms with Crippen molar-refractivity contribution in [3.05, 3.63) is 11.6 Å². The van der Waals surface area contributed by atoms with Crippen LogP contribution in [0.15, 0.2) is 0 Å². The molecule has 6 nitrogen and oxygen atoms in total. The van der Waals surface area contributed by atoms with E-state index in [-0.39, 0.29) is 12.2 Å². The number of nitrogens with zero attached hydrogens (tertiary/aromatic N) is 3. The Hall–Kier alpha value is -1.14. The Morgan fingerprint density at radius 2 is 1.55 bits per heavy atom. The monoisotopic (exact) mass is 284 g/mol. The van der Waals surface area contributed by atoms with Gasteiger partial charge in [-0.05, 0) is 26.7 Å². The lowest BCUT2D eigenvalue weighted by molar-refractivity contribution is 0.101. The average Bonchev–Trinajstić information content (AvgIpc) is 2.88. The highest BCUT2D eigenvalue weighted by Crippen LogP contribution is 2.20. The Kier molecular flexibility index (Phi) is 6.95. The minimum atomic E-state index is -0.119. The molecule has 0 aliphatic carbocycles. The molecule has 3 atom stereocenters. The van der Waals surface area contributed by atoms with Crippen molar-refractivity contribution < 1.29 is 9.47 Å². The molecule has 1 rings (SSSR count). The highest BCUT2D eigenvalue weighted by atomic mass is 16.5. The van der Waals surface area contributed by atoms with Crippen molar-refractivity contribution in [2.75, 3.05) is 19.6 Å². The molecule has 0 bridgehead atoms. The van der Waals surface area contributed by atoms with E-state index in [1.165, 1.54) is 0 Å². The normalized spacial score (nSPS) is 15.9. The summed E-state index contributed by atoms with van der Waals surface area (Å²) >= 11 is 0. The van der Waals surface area contributed by atoms with E-state index >= 15 is 0 Å². The molecule has 0 saturated carbocycles. The molecule has 0 amide bonds. The molecule has 0 aliphatic heterocycles. The van der Waals surface area contributed by atoms with Crippen molar-refractivity contribution >= 4 is 0 Å². The molecule has 0 saturated heterocycles. The SMILES string of the molecule is CCCC(CC)Nn1c([C@H](C)OC)nnc1[C@H](C)OC. The third-order valence-electron chi connectivity index (χ3n) is 3.59. The molecule has 0 fully saturated rings. The van der Waals surface area contributed by atoms with Crippen molar-refractivity contribution in [1.29, 1.82) is 0 Å². The van der Waals surface area contributed by atoms with Crippen molar-refractivity contribution in [2.24, 2.45) is 0 Å². The summed E-state index contributed by atoms with van der Waals surface area (Å²) in [5, 5.41) is 8.50. The highest BCUT2D eigenvalue weighted by molar-refractivity contribution is 5.05. The van der Waals surface area contributed by atoms with Gasteiger partial charge < -0.3 is 14.9 Å². The molecule has 1 heterocycles. The van der Waals surface area contributed by atoms with Crippen LogP contribution in [-0.4, -0.2) is 35.1 Å². The van der Waals surface area contributed by atoms with Gasteiger partial charge in [-0.2, -0.15) is 0 Å². The molecular formula is C14H28N4O2. The summed E-state index contributed by atoms with van der Waals surface area (Å²) in [7, 11) is 3.35. The van der Waals surface area contributed by atoms with Crippen LogP contribution in [0.5, 0.6) is 0 Å². The molecule has 1 unspecified atom stereocenters. The van der Waals surface area contributed by atoms with Crippen LogP contribution in [0, 0.1) is 0 Å². The van der Waals surface area contributed by atoms with Gasteiger partial charge >= 0.3 is 0 Å². The summed E-state index contributed by atoms with van der Waals surface area (Å²) < 4.78 is 12.7. The molecule has 0 aromatic carbocycles. The fourth-order valence-electron chi connectivity index (χ4n) is 2.07. The molecule has 0 radical (unpaired) electrons. The number of ether oxygens (including phenoxy) is 2. The van der Waals surface area contributed by atoms with Gasteiger partial charge in [0.2, 0.25) is 0 Å². The van der Waals surface area contributed by atoms with E-state index in [4.69, 9.17) is 9.47 Å². The van der Waals surface area contributed by atoms with Gasteiger partial charge in [-0.25, -0.2) is 4.68 Å². The van der Waals surface area contributed by atoms with Crippen molar-refractivity contribution in [1.82, 2.24) is 14.9 Å². The Labute approximate surface area is 121 Å². The number of methoxy groups -OCH3 is 2. The second kappa shape index (κ2) is 8.21. The van der Waals surface area contributed by atoms with Gasteiger partial charge in [0.25, 0.3) is 0 Å². The van der Waals surface area contributed by atoms with Crippen LogP contribution in [-0.2, 0) is 9.47 Å². The van der Waals surface area contributed by atoms with Crippen LogP contribution < -0.4 is 5.43 Å². The summed E-state index contributed by atoms with van der Waals surface area (Å²) in [6, 6.07) is 0.390. The van der Waals surface area contributed by atoms with Crippen LogP contribution in [0.1, 0.15) is 70.8 Å². The molecule has 6 heteroatoms. The number of hydrogen-bond donors (Lipinski definition) is 1. The molecule has 20 heavy (non-hydrogen) atoms. The van der Waals surface area contributed by atoms with Gasteiger partial charge in [-0.15, -0.1) is 10.2 Å². The fourth-order valence-corrected chi connectivity index (χ4v) is 2.07. The van der Waals surface area contributed by atoms with E-state index < -0.39 is 0 Å². The smallest absolute Gasteiger partial charge is 0.180 e. The van der Waals surface area contributed by atoms with E-state index in [2.05, 4.69) is 29.5 Å². The van der Waals surface area contributed by atoms with Crippen molar-refractivity contribution in [2.45, 2.75) is 65.2 Å². The second-order valence-corrected chi connectivity index (χ2v) is 5.03. The molecule has 0 spiro atoms. The Morgan fingerprint density at radius 1 is 1.05 bits per heavy atom. The summed E-state index contributed by atoms with van der Waals surface area (Å²) in [5.74, 6) is 1.56. The lowest BCUT2D eigenvalue weighted by atomic mass is 10.1. The van der Waals surface area contributed by atoms with Gasteiger partial charge in [0.15, 0.2) is 11.6 Å². The largest absolute Gasteiger partial charge is 0.374 e. The maximum Gasteiger partial charge on any atom is 0.180 e. The minimum Gasteiger partial charge on any atom is -0.374 e. The van der Waals surface area contributed by atoms with Crippen LogP contribution in [0.25, 0.3) is 0 Å². The first-order chi connectivity index (χ1) is 9.58. The van der Waals surface area contributed by atoms with Gasteiger partial charge in [0, 0.05) is 20.3 Å². The topological polar surface area (TPSA) is 61.2 Å². The number of hydrogen-bond acceptors (Lipinski definition) is 5. The van der Waals surface area contributed by atoms with E-state index in [0.717, 1.165) is 30.9 Å². The molecule has 1 aromatic heterocycles. The Balaban J connectivity index is 3.06. The highest BCUT2D eigenvalue weighted by Gasteiger charge is 2.22. The number of aromatic nitrogens is 3. The lowest BCUT2D eigenvalue weighted by Crippen LogP contribution is -2.31. The van der Waals surface area contributed by atoms with Crippen LogP contribution in [0.3, 0.4) is 0 Å². The zero-order chi connectivity index (χ0) is 15.1. The van der Waals surface area contributed by atoms with E-state index in [1.54, 1.807) is 14.2 Å². The van der Waals surface area contributed by atoms with Gasteiger partial charge in [0.1, 0.15) is 12.2 Å². The first-order valence-corrected chi connectivity index (χ1v) is 7.36. The minimum absolute atomic E-state index is 0.119. The first kappa shape index (κ1) is 16.9. The molecule has 1 aromatic rings. The Morgan fingerprint density at radius 3 is 1.90 bits per heavy atom. The fraction of sp³-hybridized carbons (Fsp3) is 0.857. The Bertz CT molecular complexity index is 367. The predicted octanol–water partition coefficient (Wildman–Crippen LogP) is 2.82. The lowest BCUT2D eigenvalue weighted by Gasteiger charge is -2.23. The summed E-state index contributed by atoms with van der Waals surface area (Å²) in [4.78, 5) is 0. The molecule has 116 valence electrons. The third kappa shape index (κ3) is 3.93. The number of nitrogens with one attached hydrogen (secondary N) is 1. The zero-order valence-electron chi connectivity index (χ0n) is 13.5. The molecule has 1 N–H and O–H groups in total. The maximum atomic E-state index is 5.37. The van der Waals surface area contributed by atoms with Crippen LogP contribution in [0.2, 0.25) is 0 Å². The third-order valence-corrected chi connectivity index (χ3v) is 3.59. The van der Waals surface area contributed by atoms with E-state index in [1.807, 2.05) is 18.5 Å². The number of rotatable bonds is 9. The standard InChI is InChI=1S/C14H28N4O2/c1-7-9-12(8-2)17-18-13(10(3)19-5)15-16-14(18)11(4)20-6/h10-12,17H,7-9H2,1-6H3/t10-,11-,12?/m0/s1. The van der Waals surface area contributed by atoms with Gasteiger partial charge in [-0.1, -0.05) is 20.3 Å². The first-order valence-electron chi connectivity index (χ1n) is 7.36. The van der Waals surface area contributed by atoms with E-state index in [0.29, 0.717) is 6.04 Å². The van der Waals surface area contributed by atoms with Crippen LogP contribution >= 0.6 is 0 Å². The molecular weight excluding hydrogens is 256 g/mol. The van der Waals surface area contributed by atoms with Gasteiger partial charge in [0.05, 0.1) is 0 Å². The van der Waals surface area contributed by atoms with Crippen molar-refractivity contribution in [3.63, 3.8) is 0 Å². The summed E-state index contributed by atoms with van der Waals surface area (Å²) in [5.41, 5.74) is 3.51. The quantitative estimate of drug-likeness (QED) is 0.755. The maximum absolute atomic E-state index is 5.37. The second-order valence-electron chi connectivity index (χ2n) is 5.03. The average molecular weight is 284 g/mol. The van der Waals surface area contributed by atoms with Crippen molar-refractivity contribution in [3.8, 4) is 0 Å². The molecule has 0 aliphatic rings. The summed E-state index contributed by atoms with van der Waals surface area (Å²) in [6.45, 7) is 8.29. The zero-order valence-corrected chi connectivity index (χ0v) is 13.5. The van der Waals surface area contributed by atoms with Crippen LogP contribution in [0.4, 0.5) is 0 Å². The van der Waals surface area contributed by atoms with Gasteiger partial charge in [-0.3, -0.25) is 0 Å². The van der Waals surface area contributed by atoms with E-state index in [9.17, 15) is 0 Å². The summed E-state index contributed by atoms with van der Waals surface area (Å²) in [6.07, 6.45) is 3.06.